The number of carbonyl (C=O) groups excluding carboxylic acids is 1. The first-order valence-corrected chi connectivity index (χ1v) is 6.24. The number of halogens is 1. The Balaban J connectivity index is 1.92. The lowest BCUT2D eigenvalue weighted by atomic mass is 10.2. The van der Waals surface area contributed by atoms with Crippen molar-refractivity contribution in [3.8, 4) is 0 Å². The Labute approximate surface area is 106 Å². The molecule has 1 N–H and O–H groups in total. The maximum absolute atomic E-state index is 13.1. The zero-order chi connectivity index (χ0) is 12.5. The van der Waals surface area contributed by atoms with Crippen LogP contribution in [-0.4, -0.2) is 15.8 Å². The molecular weight excluding hydrogens is 251 g/mol. The second-order valence-electron chi connectivity index (χ2n) is 3.93. The van der Waals surface area contributed by atoms with E-state index in [1.165, 1.54) is 23.5 Å². The lowest BCUT2D eigenvalue weighted by molar-refractivity contribution is 0.0995. The Bertz CT molecular complexity index is 703. The number of nitrogens with zero attached hydrogens (tertiary/aromatic N) is 1. The number of aromatic amines is 1. The van der Waals surface area contributed by atoms with E-state index >= 15 is 0 Å². The van der Waals surface area contributed by atoms with E-state index < -0.39 is 0 Å². The minimum Gasteiger partial charge on any atom is -0.348 e. The van der Waals surface area contributed by atoms with E-state index in [-0.39, 0.29) is 18.0 Å². The molecule has 0 bridgehead atoms. The molecule has 3 rings (SSSR count). The normalized spacial score (nSPS) is 10.9. The van der Waals surface area contributed by atoms with E-state index in [1.54, 1.807) is 24.5 Å². The molecule has 5 heteroatoms. The second kappa shape index (κ2) is 4.34. The number of ketones is 1. The molecule has 0 unspecified atom stereocenters. The quantitative estimate of drug-likeness (QED) is 0.735. The predicted octanol–water partition coefficient (Wildman–Crippen LogP) is 3.19. The SMILES string of the molecule is O=C(Cc1ncc[nH]1)c1cc2ccc(F)cc2s1. The van der Waals surface area contributed by atoms with Crippen molar-refractivity contribution in [2.45, 2.75) is 6.42 Å². The molecule has 0 saturated carbocycles. The molecule has 3 nitrogen and oxygen atoms in total. The number of hydrogen-bond acceptors (Lipinski definition) is 3. The molecule has 2 aromatic heterocycles. The molecule has 3 aromatic rings. The molecule has 0 aliphatic carbocycles. The highest BCUT2D eigenvalue weighted by molar-refractivity contribution is 7.20. The topological polar surface area (TPSA) is 45.8 Å². The number of imidazole rings is 1. The van der Waals surface area contributed by atoms with Crippen molar-refractivity contribution in [2.24, 2.45) is 0 Å². The van der Waals surface area contributed by atoms with E-state index in [2.05, 4.69) is 9.97 Å². The number of rotatable bonds is 3. The number of carbonyl (C=O) groups is 1. The van der Waals surface area contributed by atoms with Crippen molar-refractivity contribution in [3.63, 3.8) is 0 Å². The van der Waals surface area contributed by atoms with Crippen LogP contribution in [0, 0.1) is 5.82 Å². The number of aromatic nitrogens is 2. The zero-order valence-corrected chi connectivity index (χ0v) is 10.1. The van der Waals surface area contributed by atoms with Crippen LogP contribution in [0.25, 0.3) is 10.1 Å². The molecule has 0 aliphatic heterocycles. The van der Waals surface area contributed by atoms with Crippen LogP contribution in [0.1, 0.15) is 15.5 Å². The molecular formula is C13H9FN2OS. The Hall–Kier alpha value is -2.01. The molecule has 0 aliphatic rings. The van der Waals surface area contributed by atoms with Gasteiger partial charge in [-0.15, -0.1) is 11.3 Å². The van der Waals surface area contributed by atoms with Gasteiger partial charge in [0.15, 0.2) is 5.78 Å². The molecule has 0 saturated heterocycles. The fourth-order valence-corrected chi connectivity index (χ4v) is 2.80. The summed E-state index contributed by atoms with van der Waals surface area (Å²) in [6, 6.07) is 6.33. The van der Waals surface area contributed by atoms with Crippen molar-refractivity contribution in [1.29, 1.82) is 0 Å². The first-order chi connectivity index (χ1) is 8.72. The van der Waals surface area contributed by atoms with Crippen LogP contribution in [0.2, 0.25) is 0 Å². The average molecular weight is 260 g/mol. The largest absolute Gasteiger partial charge is 0.348 e. The van der Waals surface area contributed by atoms with Gasteiger partial charge in [-0.1, -0.05) is 6.07 Å². The minimum absolute atomic E-state index is 0.00782. The molecule has 1 aromatic carbocycles. The third-order valence-electron chi connectivity index (χ3n) is 2.64. The van der Waals surface area contributed by atoms with Crippen LogP contribution in [0.5, 0.6) is 0 Å². The van der Waals surface area contributed by atoms with Crippen molar-refractivity contribution in [2.75, 3.05) is 0 Å². The Kier molecular flexibility index (Phi) is 2.68. The van der Waals surface area contributed by atoms with E-state index in [1.807, 2.05) is 0 Å². The van der Waals surface area contributed by atoms with Crippen molar-refractivity contribution >= 4 is 27.2 Å². The summed E-state index contributed by atoms with van der Waals surface area (Å²) < 4.78 is 13.8. The van der Waals surface area contributed by atoms with E-state index in [0.29, 0.717) is 10.7 Å². The van der Waals surface area contributed by atoms with Crippen LogP contribution in [-0.2, 0) is 6.42 Å². The van der Waals surface area contributed by atoms with Gasteiger partial charge in [-0.05, 0) is 23.6 Å². The summed E-state index contributed by atoms with van der Waals surface area (Å²) >= 11 is 1.31. The second-order valence-corrected chi connectivity index (χ2v) is 5.01. The van der Waals surface area contributed by atoms with Gasteiger partial charge in [-0.3, -0.25) is 4.79 Å². The summed E-state index contributed by atoms with van der Waals surface area (Å²) in [6.07, 6.45) is 3.54. The number of fused-ring (bicyclic) bond motifs is 1. The summed E-state index contributed by atoms with van der Waals surface area (Å²) in [5.41, 5.74) is 0. The minimum atomic E-state index is -0.283. The number of hydrogen-bond donors (Lipinski definition) is 1. The van der Waals surface area contributed by atoms with Crippen molar-refractivity contribution < 1.29 is 9.18 Å². The monoisotopic (exact) mass is 260 g/mol. The molecule has 0 atom stereocenters. The highest BCUT2D eigenvalue weighted by Gasteiger charge is 2.12. The number of H-pyrrole nitrogens is 1. The third kappa shape index (κ3) is 2.04. The number of Topliss-reactive ketones (excluding diaryl/α,β-unsaturated/α-hetero) is 1. The van der Waals surface area contributed by atoms with Crippen LogP contribution >= 0.6 is 11.3 Å². The average Bonchev–Trinajstić information content (AvgIpc) is 2.96. The highest BCUT2D eigenvalue weighted by atomic mass is 32.1. The van der Waals surface area contributed by atoms with Crippen LogP contribution in [0.3, 0.4) is 0 Å². The fraction of sp³-hybridized carbons (Fsp3) is 0.0769. The molecule has 0 fully saturated rings. The Morgan fingerprint density at radius 2 is 2.28 bits per heavy atom. The van der Waals surface area contributed by atoms with E-state index in [4.69, 9.17) is 0 Å². The van der Waals surface area contributed by atoms with Gasteiger partial charge in [-0.25, -0.2) is 9.37 Å². The molecule has 0 radical (unpaired) electrons. The lowest BCUT2D eigenvalue weighted by Crippen LogP contribution is -2.02. The summed E-state index contributed by atoms with van der Waals surface area (Å²) in [7, 11) is 0. The summed E-state index contributed by atoms with van der Waals surface area (Å²) in [5.74, 6) is 0.351. The first-order valence-electron chi connectivity index (χ1n) is 5.43. The molecule has 0 amide bonds. The van der Waals surface area contributed by atoms with Gasteiger partial charge < -0.3 is 4.98 Å². The van der Waals surface area contributed by atoms with Gasteiger partial charge in [0.2, 0.25) is 0 Å². The van der Waals surface area contributed by atoms with E-state index in [9.17, 15) is 9.18 Å². The summed E-state index contributed by atoms with van der Waals surface area (Å²) in [5, 5.41) is 0.893. The molecule has 90 valence electrons. The van der Waals surface area contributed by atoms with Gasteiger partial charge in [0.25, 0.3) is 0 Å². The van der Waals surface area contributed by atoms with Gasteiger partial charge in [0.1, 0.15) is 11.6 Å². The van der Waals surface area contributed by atoms with Gasteiger partial charge >= 0.3 is 0 Å². The standard InChI is InChI=1S/C13H9FN2OS/c14-9-2-1-8-5-12(18-11(8)6-9)10(17)7-13-15-3-4-16-13/h1-6H,7H2,(H,15,16). The molecule has 18 heavy (non-hydrogen) atoms. The van der Waals surface area contributed by atoms with Gasteiger partial charge in [-0.2, -0.15) is 0 Å². The van der Waals surface area contributed by atoms with Crippen molar-refractivity contribution in [1.82, 2.24) is 9.97 Å². The van der Waals surface area contributed by atoms with E-state index in [0.717, 1.165) is 10.1 Å². The first kappa shape index (κ1) is 11.1. The van der Waals surface area contributed by atoms with Gasteiger partial charge in [0, 0.05) is 17.1 Å². The maximum Gasteiger partial charge on any atom is 0.180 e. The maximum atomic E-state index is 13.1. The third-order valence-corrected chi connectivity index (χ3v) is 3.78. The summed E-state index contributed by atoms with van der Waals surface area (Å²) in [4.78, 5) is 19.6. The van der Waals surface area contributed by atoms with Crippen LogP contribution in [0.15, 0.2) is 36.7 Å². The Morgan fingerprint density at radius 1 is 1.39 bits per heavy atom. The smallest absolute Gasteiger partial charge is 0.180 e. The Morgan fingerprint density at radius 3 is 3.06 bits per heavy atom. The zero-order valence-electron chi connectivity index (χ0n) is 9.31. The van der Waals surface area contributed by atoms with Gasteiger partial charge in [0.05, 0.1) is 11.3 Å². The number of nitrogens with one attached hydrogen (secondary N) is 1. The highest BCUT2D eigenvalue weighted by Crippen LogP contribution is 2.27. The lowest BCUT2D eigenvalue weighted by Gasteiger charge is -1.93. The number of thiophene rings is 1. The predicted molar refractivity (Wildman–Crippen MR) is 68.4 cm³/mol. The van der Waals surface area contributed by atoms with Crippen molar-refractivity contribution in [3.05, 3.63) is 53.2 Å². The fourth-order valence-electron chi connectivity index (χ4n) is 1.78. The van der Waals surface area contributed by atoms with Crippen LogP contribution < -0.4 is 0 Å². The van der Waals surface area contributed by atoms with Crippen LogP contribution in [0.4, 0.5) is 4.39 Å². The molecule has 2 heterocycles. The number of benzene rings is 1. The summed E-state index contributed by atoms with van der Waals surface area (Å²) in [6.45, 7) is 0. The molecule has 0 spiro atoms.